The van der Waals surface area contributed by atoms with E-state index in [0.717, 1.165) is 0 Å². The fraction of sp³-hybridized carbons (Fsp3) is 0.500. The summed E-state index contributed by atoms with van der Waals surface area (Å²) in [5, 5.41) is 9.29. The Bertz CT molecular complexity index is 387. The molecule has 17 heavy (non-hydrogen) atoms. The zero-order chi connectivity index (χ0) is 12.7. The zero-order valence-electron chi connectivity index (χ0n) is 8.94. The molecule has 94 valence electrons. The number of nitrogens with one attached hydrogen (secondary N) is 1. The molecular formula is C8H12Cl2N6O. The molecule has 0 fully saturated rings. The molecule has 9 heteroatoms. The minimum Gasteiger partial charge on any atom is -0.364 e. The molecular weight excluding hydrogens is 267 g/mol. The zero-order valence-corrected chi connectivity index (χ0v) is 10.4. The first-order chi connectivity index (χ1) is 8.19. The lowest BCUT2D eigenvalue weighted by atomic mass is 10.4. The Labute approximate surface area is 108 Å². The molecule has 0 spiro atoms. The Morgan fingerprint density at radius 1 is 1.47 bits per heavy atom. The summed E-state index contributed by atoms with van der Waals surface area (Å²) in [6.07, 6.45) is 1.32. The number of imidazole rings is 1. The van der Waals surface area contributed by atoms with Crippen molar-refractivity contribution in [3.8, 4) is 0 Å². The maximum Gasteiger partial charge on any atom is 0.269 e. The molecule has 1 aromatic heterocycles. The van der Waals surface area contributed by atoms with Crippen molar-refractivity contribution in [2.24, 2.45) is 16.1 Å². The van der Waals surface area contributed by atoms with Gasteiger partial charge < -0.3 is 10.7 Å². The molecule has 7 nitrogen and oxygen atoms in total. The van der Waals surface area contributed by atoms with Crippen LogP contribution in [-0.4, -0.2) is 45.7 Å². The minimum absolute atomic E-state index is 0.116. The van der Waals surface area contributed by atoms with Gasteiger partial charge in [-0.3, -0.25) is 9.80 Å². The average Bonchev–Trinajstić information content (AvgIpc) is 2.74. The first-order valence-electron chi connectivity index (χ1n) is 4.80. The van der Waals surface area contributed by atoms with Crippen molar-refractivity contribution in [2.75, 3.05) is 24.8 Å². The summed E-state index contributed by atoms with van der Waals surface area (Å²) in [5.41, 5.74) is 5.23. The highest BCUT2D eigenvalue weighted by Gasteiger charge is 2.10. The lowest BCUT2D eigenvalue weighted by Gasteiger charge is -2.13. The highest BCUT2D eigenvalue weighted by Crippen LogP contribution is 2.13. The van der Waals surface area contributed by atoms with Crippen molar-refractivity contribution in [2.45, 2.75) is 0 Å². The van der Waals surface area contributed by atoms with Crippen LogP contribution in [0, 0.1) is 0 Å². The van der Waals surface area contributed by atoms with Crippen LogP contribution in [0.25, 0.3) is 0 Å². The van der Waals surface area contributed by atoms with Crippen LogP contribution in [0.5, 0.6) is 0 Å². The fourth-order valence-corrected chi connectivity index (χ4v) is 1.44. The highest BCUT2D eigenvalue weighted by molar-refractivity contribution is 6.18. The minimum atomic E-state index is -0.641. The number of rotatable bonds is 7. The highest BCUT2D eigenvalue weighted by atomic mass is 35.5. The molecule has 0 unspecified atom stereocenters. The van der Waals surface area contributed by atoms with Gasteiger partial charge in [0.15, 0.2) is 5.69 Å². The molecule has 0 aromatic carbocycles. The van der Waals surface area contributed by atoms with Crippen LogP contribution in [-0.2, 0) is 0 Å². The van der Waals surface area contributed by atoms with E-state index in [1.807, 2.05) is 0 Å². The lowest BCUT2D eigenvalue weighted by Crippen LogP contribution is -2.21. The number of nitrogens with zero attached hydrogens (tertiary/aromatic N) is 4. The Hall–Kier alpha value is -1.34. The molecule has 1 rings (SSSR count). The molecule has 0 radical (unpaired) electrons. The molecule has 1 aromatic rings. The topological polar surface area (TPSA) is 99.7 Å². The normalized spacial score (nSPS) is 10.9. The first kappa shape index (κ1) is 13.7. The SMILES string of the molecule is NC(=O)c1[nH]cnc1/N=N/N(CCCl)CCCl. The molecule has 0 aliphatic heterocycles. The number of amides is 1. The molecule has 3 N–H and O–H groups in total. The molecule has 0 atom stereocenters. The molecule has 0 saturated carbocycles. The predicted molar refractivity (Wildman–Crippen MR) is 64.6 cm³/mol. The molecule has 0 aliphatic carbocycles. The lowest BCUT2D eigenvalue weighted by molar-refractivity contribution is 0.0996. The van der Waals surface area contributed by atoms with Crippen molar-refractivity contribution in [1.29, 1.82) is 0 Å². The molecule has 1 amide bonds. The predicted octanol–water partition coefficient (Wildman–Crippen LogP) is 1.29. The van der Waals surface area contributed by atoms with E-state index in [0.29, 0.717) is 24.8 Å². The standard InChI is InChI=1S/C8H12Cl2N6O/c9-1-3-16(4-2-10)15-14-8-6(7(11)17)12-5-13-8/h5H,1-4H2,(H2,11,17)(H,12,13)/b15-14+. The Morgan fingerprint density at radius 3 is 2.65 bits per heavy atom. The maximum absolute atomic E-state index is 11.0. The quantitative estimate of drug-likeness (QED) is 0.446. The van der Waals surface area contributed by atoms with Crippen LogP contribution < -0.4 is 5.73 Å². The number of primary amides is 1. The van der Waals surface area contributed by atoms with E-state index >= 15 is 0 Å². The maximum atomic E-state index is 11.0. The van der Waals surface area contributed by atoms with Crippen molar-refractivity contribution in [3.05, 3.63) is 12.0 Å². The Balaban J connectivity index is 2.73. The van der Waals surface area contributed by atoms with Gasteiger partial charge in [-0.2, -0.15) is 0 Å². The number of alkyl halides is 2. The number of nitrogens with two attached hydrogens (primary N) is 1. The van der Waals surface area contributed by atoms with Gasteiger partial charge in [-0.05, 0) is 0 Å². The number of halogens is 2. The van der Waals surface area contributed by atoms with Gasteiger partial charge in [0.05, 0.1) is 19.4 Å². The van der Waals surface area contributed by atoms with E-state index < -0.39 is 5.91 Å². The number of carbonyl (C=O) groups is 1. The second kappa shape index (κ2) is 7.08. The van der Waals surface area contributed by atoms with Gasteiger partial charge >= 0.3 is 0 Å². The second-order valence-electron chi connectivity index (χ2n) is 2.99. The van der Waals surface area contributed by atoms with Gasteiger partial charge in [0, 0.05) is 11.8 Å². The van der Waals surface area contributed by atoms with Gasteiger partial charge in [0.2, 0.25) is 5.82 Å². The Morgan fingerprint density at radius 2 is 2.12 bits per heavy atom. The average molecular weight is 279 g/mol. The third-order valence-corrected chi connectivity index (χ3v) is 2.15. The van der Waals surface area contributed by atoms with Gasteiger partial charge in [-0.15, -0.1) is 28.3 Å². The van der Waals surface area contributed by atoms with E-state index in [2.05, 4.69) is 20.3 Å². The van der Waals surface area contributed by atoms with Gasteiger partial charge in [0.25, 0.3) is 5.91 Å². The van der Waals surface area contributed by atoms with Crippen molar-refractivity contribution in [1.82, 2.24) is 15.0 Å². The largest absolute Gasteiger partial charge is 0.364 e. The van der Waals surface area contributed by atoms with Crippen molar-refractivity contribution in [3.63, 3.8) is 0 Å². The monoisotopic (exact) mass is 278 g/mol. The Kier molecular flexibility index (Phi) is 5.71. The van der Waals surface area contributed by atoms with Crippen LogP contribution in [0.2, 0.25) is 0 Å². The van der Waals surface area contributed by atoms with E-state index in [1.54, 1.807) is 5.01 Å². The summed E-state index contributed by atoms with van der Waals surface area (Å²) in [4.78, 5) is 17.4. The summed E-state index contributed by atoms with van der Waals surface area (Å²) in [6, 6.07) is 0. The van der Waals surface area contributed by atoms with Gasteiger partial charge in [-0.25, -0.2) is 4.98 Å². The molecule has 0 aliphatic rings. The smallest absolute Gasteiger partial charge is 0.269 e. The third-order valence-electron chi connectivity index (χ3n) is 1.82. The fourth-order valence-electron chi connectivity index (χ4n) is 1.05. The van der Waals surface area contributed by atoms with Crippen LogP contribution in [0.4, 0.5) is 5.82 Å². The summed E-state index contributed by atoms with van der Waals surface area (Å²) in [5.74, 6) is 0.308. The third kappa shape index (κ3) is 4.20. The van der Waals surface area contributed by atoms with Crippen LogP contribution >= 0.6 is 23.2 Å². The summed E-state index contributed by atoms with van der Waals surface area (Å²) >= 11 is 11.2. The number of hydrogen-bond acceptors (Lipinski definition) is 4. The van der Waals surface area contributed by atoms with E-state index in [1.165, 1.54) is 6.33 Å². The van der Waals surface area contributed by atoms with Crippen LogP contribution in [0.1, 0.15) is 10.5 Å². The van der Waals surface area contributed by atoms with Crippen molar-refractivity contribution < 1.29 is 4.79 Å². The summed E-state index contributed by atoms with van der Waals surface area (Å²) in [7, 11) is 0. The van der Waals surface area contributed by atoms with E-state index in [-0.39, 0.29) is 11.5 Å². The number of H-pyrrole nitrogens is 1. The van der Waals surface area contributed by atoms with Gasteiger partial charge in [-0.1, -0.05) is 5.22 Å². The number of aromatic nitrogens is 2. The second-order valence-corrected chi connectivity index (χ2v) is 3.74. The molecule has 1 heterocycles. The first-order valence-corrected chi connectivity index (χ1v) is 5.87. The van der Waals surface area contributed by atoms with E-state index in [4.69, 9.17) is 28.9 Å². The van der Waals surface area contributed by atoms with E-state index in [9.17, 15) is 4.79 Å². The van der Waals surface area contributed by atoms with Crippen LogP contribution in [0.3, 0.4) is 0 Å². The molecule has 0 bridgehead atoms. The number of aromatic amines is 1. The number of carbonyl (C=O) groups excluding carboxylic acids is 1. The molecule has 0 saturated heterocycles. The van der Waals surface area contributed by atoms with Crippen LogP contribution in [0.15, 0.2) is 16.7 Å². The van der Waals surface area contributed by atoms with Crippen molar-refractivity contribution >= 4 is 34.9 Å². The summed E-state index contributed by atoms with van der Waals surface area (Å²) < 4.78 is 0. The summed E-state index contributed by atoms with van der Waals surface area (Å²) in [6.45, 7) is 1.02. The van der Waals surface area contributed by atoms with Gasteiger partial charge in [0.1, 0.15) is 0 Å². The number of hydrogen-bond donors (Lipinski definition) is 2.